The first kappa shape index (κ1) is 33.0. The van der Waals surface area contributed by atoms with Gasteiger partial charge in [0.15, 0.2) is 0 Å². The molecule has 0 aliphatic carbocycles. The van der Waals surface area contributed by atoms with Crippen molar-refractivity contribution in [2.24, 2.45) is 0 Å². The second kappa shape index (κ2) is 14.8. The Labute approximate surface area is 219 Å². The number of nitrogens with one attached hydrogen (secondary N) is 1. The molecule has 0 spiro atoms. The van der Waals surface area contributed by atoms with Crippen LogP contribution in [-0.2, 0) is 9.59 Å². The minimum atomic E-state index is -5.08. The lowest BCUT2D eigenvalue weighted by Crippen LogP contribution is -2.21. The number of rotatable bonds is 4. The number of alkyl halides is 6. The van der Waals surface area contributed by atoms with Gasteiger partial charge in [0.25, 0.3) is 5.91 Å². The highest BCUT2D eigenvalue weighted by molar-refractivity contribution is 6.05. The lowest BCUT2D eigenvalue weighted by molar-refractivity contribution is -0.193. The van der Waals surface area contributed by atoms with Crippen molar-refractivity contribution in [1.29, 1.82) is 0 Å². The monoisotopic (exact) mass is 567 g/mol. The van der Waals surface area contributed by atoms with E-state index in [1.54, 1.807) is 24.3 Å². The molecule has 0 saturated carbocycles. The molecule has 15 heteroatoms. The molecule has 216 valence electrons. The Hall–Kier alpha value is -4.01. The molecule has 1 aliphatic heterocycles. The number of halogens is 6. The predicted octanol–water partition coefficient (Wildman–Crippen LogP) is 4.65. The van der Waals surface area contributed by atoms with Gasteiger partial charge in [0.2, 0.25) is 0 Å². The topological polar surface area (TPSA) is 142 Å². The fourth-order valence-electron chi connectivity index (χ4n) is 3.01. The maximum Gasteiger partial charge on any atom is 0.490 e. The Balaban J connectivity index is 0.000000449. The molecular formula is C24H27F6N3O6. The van der Waals surface area contributed by atoms with Gasteiger partial charge in [-0.2, -0.15) is 26.3 Å². The third-order valence-corrected chi connectivity index (χ3v) is 5.01. The van der Waals surface area contributed by atoms with Gasteiger partial charge in [-0.1, -0.05) is 12.1 Å². The molecule has 1 heterocycles. The molecule has 1 aliphatic rings. The van der Waals surface area contributed by atoms with Crippen LogP contribution in [0.2, 0.25) is 0 Å². The zero-order valence-corrected chi connectivity index (χ0v) is 20.6. The number of para-hydroxylation sites is 2. The quantitative estimate of drug-likeness (QED) is 0.309. The summed E-state index contributed by atoms with van der Waals surface area (Å²) in [5, 5.41) is 17.1. The molecular weight excluding hydrogens is 540 g/mol. The Morgan fingerprint density at radius 2 is 1.41 bits per heavy atom. The number of benzene rings is 2. The maximum absolute atomic E-state index is 12.3. The number of nitrogens with two attached hydrogens (primary N) is 1. The molecule has 3 rings (SSSR count). The van der Waals surface area contributed by atoms with Crippen LogP contribution in [0.3, 0.4) is 0 Å². The van der Waals surface area contributed by atoms with Crippen LogP contribution in [0.1, 0.15) is 29.6 Å². The van der Waals surface area contributed by atoms with Gasteiger partial charge in [-0.3, -0.25) is 4.79 Å². The van der Waals surface area contributed by atoms with E-state index in [0.29, 0.717) is 16.9 Å². The molecule has 0 aromatic heterocycles. The summed E-state index contributed by atoms with van der Waals surface area (Å²) in [5.41, 5.74) is 7.61. The van der Waals surface area contributed by atoms with Crippen molar-refractivity contribution in [3.63, 3.8) is 0 Å². The van der Waals surface area contributed by atoms with Crippen LogP contribution in [-0.4, -0.2) is 71.6 Å². The summed E-state index contributed by atoms with van der Waals surface area (Å²) in [6.45, 7) is 2.19. The number of carboxylic acid groups (broad SMARTS) is 2. The summed E-state index contributed by atoms with van der Waals surface area (Å²) >= 11 is 0. The van der Waals surface area contributed by atoms with Gasteiger partial charge in [-0.25, -0.2) is 9.59 Å². The normalized spacial score (nSPS) is 15.8. The third kappa shape index (κ3) is 12.9. The molecule has 0 bridgehead atoms. The minimum Gasteiger partial charge on any atom is -0.490 e. The number of hydrogen-bond acceptors (Lipinski definition) is 6. The molecule has 0 radical (unpaired) electrons. The highest BCUT2D eigenvalue weighted by Crippen LogP contribution is 2.21. The molecule has 1 amide bonds. The van der Waals surface area contributed by atoms with Crippen LogP contribution in [0.15, 0.2) is 48.5 Å². The smallest absolute Gasteiger partial charge is 0.490 e. The summed E-state index contributed by atoms with van der Waals surface area (Å²) in [5.74, 6) is -4.88. The molecule has 2 aromatic carbocycles. The van der Waals surface area contributed by atoms with E-state index in [0.717, 1.165) is 38.1 Å². The predicted molar refractivity (Wildman–Crippen MR) is 128 cm³/mol. The van der Waals surface area contributed by atoms with Crippen molar-refractivity contribution in [1.82, 2.24) is 4.90 Å². The summed E-state index contributed by atoms with van der Waals surface area (Å²) < 4.78 is 69.5. The molecule has 39 heavy (non-hydrogen) atoms. The SMILES string of the molecule is CN1CCCC(Oc2ccc(C(=O)Nc3ccccc3N)cc2)CC1.O=C(O)C(F)(F)F.O=C(O)C(F)(F)F. The van der Waals surface area contributed by atoms with E-state index in [4.69, 9.17) is 30.3 Å². The molecule has 1 atom stereocenters. The second-order valence-electron chi connectivity index (χ2n) is 8.15. The number of carbonyl (C=O) groups is 3. The summed E-state index contributed by atoms with van der Waals surface area (Å²) in [6.07, 6.45) is -6.67. The first-order valence-electron chi connectivity index (χ1n) is 11.2. The van der Waals surface area contributed by atoms with E-state index in [9.17, 15) is 31.1 Å². The fourth-order valence-corrected chi connectivity index (χ4v) is 3.01. The molecule has 9 nitrogen and oxygen atoms in total. The zero-order valence-electron chi connectivity index (χ0n) is 20.6. The van der Waals surface area contributed by atoms with E-state index < -0.39 is 24.3 Å². The number of likely N-dealkylation sites (tertiary alicyclic amines) is 1. The average molecular weight is 567 g/mol. The number of ether oxygens (including phenoxy) is 1. The number of hydrogen-bond donors (Lipinski definition) is 4. The molecule has 1 fully saturated rings. The van der Waals surface area contributed by atoms with E-state index in [2.05, 4.69) is 17.3 Å². The van der Waals surface area contributed by atoms with E-state index in [1.165, 1.54) is 0 Å². The van der Waals surface area contributed by atoms with Crippen molar-refractivity contribution in [2.45, 2.75) is 37.7 Å². The summed E-state index contributed by atoms with van der Waals surface area (Å²) in [7, 11) is 2.15. The number of aliphatic carboxylic acids is 2. The lowest BCUT2D eigenvalue weighted by atomic mass is 10.1. The summed E-state index contributed by atoms with van der Waals surface area (Å²) in [4.78, 5) is 32.5. The van der Waals surface area contributed by atoms with Crippen LogP contribution in [0.5, 0.6) is 5.75 Å². The van der Waals surface area contributed by atoms with Crippen molar-refractivity contribution in [3.8, 4) is 5.75 Å². The third-order valence-electron chi connectivity index (χ3n) is 5.01. The average Bonchev–Trinajstić information content (AvgIpc) is 3.04. The second-order valence-corrected chi connectivity index (χ2v) is 8.15. The van der Waals surface area contributed by atoms with Gasteiger partial charge >= 0.3 is 24.3 Å². The Morgan fingerprint density at radius 1 is 0.897 bits per heavy atom. The Kier molecular flexibility index (Phi) is 12.5. The summed E-state index contributed by atoms with van der Waals surface area (Å²) in [6, 6.07) is 14.5. The largest absolute Gasteiger partial charge is 0.490 e. The maximum atomic E-state index is 12.3. The van der Waals surface area contributed by atoms with Crippen LogP contribution in [0.25, 0.3) is 0 Å². The molecule has 1 saturated heterocycles. The van der Waals surface area contributed by atoms with Crippen LogP contribution >= 0.6 is 0 Å². The van der Waals surface area contributed by atoms with Gasteiger partial charge < -0.3 is 30.9 Å². The van der Waals surface area contributed by atoms with E-state index in [-0.39, 0.29) is 12.0 Å². The lowest BCUT2D eigenvalue weighted by Gasteiger charge is -2.17. The van der Waals surface area contributed by atoms with Crippen LogP contribution in [0.4, 0.5) is 37.7 Å². The number of carbonyl (C=O) groups excluding carboxylic acids is 1. The Bertz CT molecular complexity index is 1070. The zero-order chi connectivity index (χ0) is 29.8. The standard InChI is InChI=1S/C20H25N3O2.2C2HF3O2/c1-23-13-4-5-16(12-14-23)25-17-10-8-15(9-11-17)20(24)22-19-7-3-2-6-18(19)21;2*3-2(4,5)1(6)7/h2-3,6-11,16H,4-5,12-14,21H2,1H3,(H,22,24);2*(H,6,7). The van der Waals surface area contributed by atoms with Gasteiger partial charge in [-0.05, 0) is 69.3 Å². The van der Waals surface area contributed by atoms with Crippen molar-refractivity contribution < 1.29 is 55.7 Å². The Morgan fingerprint density at radius 3 is 1.90 bits per heavy atom. The highest BCUT2D eigenvalue weighted by atomic mass is 19.4. The van der Waals surface area contributed by atoms with Gasteiger partial charge in [0.05, 0.1) is 17.5 Å². The van der Waals surface area contributed by atoms with Gasteiger partial charge in [0, 0.05) is 12.1 Å². The minimum absolute atomic E-state index is 0.180. The number of amides is 1. The van der Waals surface area contributed by atoms with E-state index >= 15 is 0 Å². The fraction of sp³-hybridized carbons (Fsp3) is 0.375. The van der Waals surface area contributed by atoms with Crippen LogP contribution < -0.4 is 15.8 Å². The van der Waals surface area contributed by atoms with Crippen molar-refractivity contribution >= 4 is 29.2 Å². The number of anilines is 2. The van der Waals surface area contributed by atoms with Crippen molar-refractivity contribution in [2.75, 3.05) is 31.2 Å². The first-order valence-corrected chi connectivity index (χ1v) is 11.2. The first-order chi connectivity index (χ1) is 18.0. The molecule has 1 unspecified atom stereocenters. The van der Waals surface area contributed by atoms with Gasteiger partial charge in [-0.15, -0.1) is 0 Å². The van der Waals surface area contributed by atoms with Gasteiger partial charge in [0.1, 0.15) is 5.75 Å². The van der Waals surface area contributed by atoms with E-state index in [1.807, 2.05) is 24.3 Å². The number of nitrogens with zero attached hydrogens (tertiary/aromatic N) is 1. The number of carboxylic acids is 2. The highest BCUT2D eigenvalue weighted by Gasteiger charge is 2.38. The number of nitrogen functional groups attached to an aromatic ring is 1. The molecule has 2 aromatic rings. The molecule has 5 N–H and O–H groups in total. The van der Waals surface area contributed by atoms with Crippen LogP contribution in [0, 0.1) is 0 Å². The van der Waals surface area contributed by atoms with Crippen molar-refractivity contribution in [3.05, 3.63) is 54.1 Å².